The van der Waals surface area contributed by atoms with E-state index in [-0.39, 0.29) is 5.02 Å². The molecule has 1 unspecified atom stereocenters. The summed E-state index contributed by atoms with van der Waals surface area (Å²) >= 11 is 12.0. The highest BCUT2D eigenvalue weighted by molar-refractivity contribution is 6.32. The van der Waals surface area contributed by atoms with Crippen LogP contribution in [0.15, 0.2) is 30.3 Å². The predicted molar refractivity (Wildman–Crippen MR) is 72.0 cm³/mol. The van der Waals surface area contributed by atoms with Crippen LogP contribution < -0.4 is 4.74 Å². The summed E-state index contributed by atoms with van der Waals surface area (Å²) in [5.41, 5.74) is -0.0452. The molecule has 0 amide bonds. The van der Waals surface area contributed by atoms with Crippen molar-refractivity contribution >= 4 is 23.2 Å². The summed E-state index contributed by atoms with van der Waals surface area (Å²) in [6, 6.07) is 5.68. The molecule has 106 valence electrons. The van der Waals surface area contributed by atoms with E-state index in [1.54, 1.807) is 0 Å². The Balaban J connectivity index is 2.46. The molecule has 0 aliphatic carbocycles. The molecule has 0 spiro atoms. The third kappa shape index (κ3) is 2.86. The molecular formula is C14H9Cl2F3O. The zero-order valence-corrected chi connectivity index (χ0v) is 11.8. The van der Waals surface area contributed by atoms with E-state index in [1.807, 2.05) is 0 Å². The van der Waals surface area contributed by atoms with Crippen LogP contribution in [0.4, 0.5) is 13.2 Å². The number of hydrogen-bond donors (Lipinski definition) is 0. The van der Waals surface area contributed by atoms with E-state index in [2.05, 4.69) is 0 Å². The smallest absolute Gasteiger partial charge is 0.137 e. The molecule has 0 heterocycles. The van der Waals surface area contributed by atoms with Gasteiger partial charge in [0.2, 0.25) is 0 Å². The van der Waals surface area contributed by atoms with Gasteiger partial charge in [-0.2, -0.15) is 0 Å². The quantitative estimate of drug-likeness (QED) is 0.715. The molecule has 0 aromatic heterocycles. The third-order valence-electron chi connectivity index (χ3n) is 2.77. The molecule has 0 bridgehead atoms. The minimum atomic E-state index is -1.13. The number of alkyl halides is 1. The van der Waals surface area contributed by atoms with Crippen LogP contribution in [-0.4, -0.2) is 7.11 Å². The van der Waals surface area contributed by atoms with Crippen LogP contribution >= 0.6 is 23.2 Å². The van der Waals surface area contributed by atoms with E-state index in [1.165, 1.54) is 25.3 Å². The van der Waals surface area contributed by atoms with Gasteiger partial charge in [0, 0.05) is 17.7 Å². The van der Waals surface area contributed by atoms with Crippen molar-refractivity contribution in [1.82, 2.24) is 0 Å². The average Bonchev–Trinajstić information content (AvgIpc) is 2.37. The fourth-order valence-electron chi connectivity index (χ4n) is 1.80. The molecule has 2 rings (SSSR count). The second-order valence-electron chi connectivity index (χ2n) is 4.04. The fourth-order valence-corrected chi connectivity index (χ4v) is 2.41. The van der Waals surface area contributed by atoms with Crippen LogP contribution in [0.2, 0.25) is 5.02 Å². The molecule has 0 N–H and O–H groups in total. The van der Waals surface area contributed by atoms with Gasteiger partial charge in [-0.3, -0.25) is 0 Å². The normalized spacial score (nSPS) is 12.3. The molecule has 0 fully saturated rings. The maximum atomic E-state index is 13.7. The van der Waals surface area contributed by atoms with Crippen LogP contribution in [-0.2, 0) is 0 Å². The lowest BCUT2D eigenvalue weighted by molar-refractivity contribution is 0.415. The molecule has 2 aromatic carbocycles. The van der Waals surface area contributed by atoms with E-state index < -0.39 is 28.4 Å². The van der Waals surface area contributed by atoms with Crippen LogP contribution in [0.1, 0.15) is 16.5 Å². The molecule has 0 radical (unpaired) electrons. The summed E-state index contributed by atoms with van der Waals surface area (Å²) in [7, 11) is 1.44. The van der Waals surface area contributed by atoms with Crippen molar-refractivity contribution in [3.63, 3.8) is 0 Å². The van der Waals surface area contributed by atoms with Crippen LogP contribution in [0.25, 0.3) is 0 Å². The topological polar surface area (TPSA) is 9.23 Å². The molecule has 0 saturated heterocycles. The molecular weight excluding hydrogens is 312 g/mol. The van der Waals surface area contributed by atoms with Crippen LogP contribution in [0.5, 0.6) is 5.75 Å². The van der Waals surface area contributed by atoms with Gasteiger partial charge in [0.1, 0.15) is 23.2 Å². The molecule has 0 aliphatic heterocycles. The lowest BCUT2D eigenvalue weighted by Gasteiger charge is -2.14. The maximum Gasteiger partial charge on any atom is 0.137 e. The Morgan fingerprint density at radius 3 is 2.15 bits per heavy atom. The molecule has 6 heteroatoms. The Hall–Kier alpha value is -1.39. The van der Waals surface area contributed by atoms with Crippen molar-refractivity contribution in [3.8, 4) is 5.75 Å². The number of rotatable bonds is 3. The monoisotopic (exact) mass is 320 g/mol. The van der Waals surface area contributed by atoms with Gasteiger partial charge in [0.15, 0.2) is 0 Å². The number of methoxy groups -OCH3 is 1. The summed E-state index contributed by atoms with van der Waals surface area (Å²) in [6.45, 7) is 0. The second kappa shape index (κ2) is 5.94. The second-order valence-corrected chi connectivity index (χ2v) is 4.88. The number of benzene rings is 2. The first-order chi connectivity index (χ1) is 9.43. The van der Waals surface area contributed by atoms with Gasteiger partial charge in [0.05, 0.1) is 17.5 Å². The Morgan fingerprint density at radius 2 is 1.65 bits per heavy atom. The van der Waals surface area contributed by atoms with Crippen molar-refractivity contribution in [2.75, 3.05) is 7.11 Å². The summed E-state index contributed by atoms with van der Waals surface area (Å²) in [6.07, 6.45) is 0. The molecule has 1 atom stereocenters. The van der Waals surface area contributed by atoms with Gasteiger partial charge in [-0.15, -0.1) is 11.6 Å². The standard InChI is InChI=1S/C14H9Cl2F3O/c1-20-12-3-2-7(4-9(12)15)14(16)13-10(18)5-8(17)6-11(13)19/h2-6,14H,1H3. The van der Waals surface area contributed by atoms with Crippen molar-refractivity contribution < 1.29 is 17.9 Å². The Bertz CT molecular complexity index is 623. The minimum Gasteiger partial charge on any atom is -0.495 e. The summed E-state index contributed by atoms with van der Waals surface area (Å²) < 4.78 is 45.2. The zero-order chi connectivity index (χ0) is 14.9. The van der Waals surface area contributed by atoms with Gasteiger partial charge in [-0.1, -0.05) is 17.7 Å². The van der Waals surface area contributed by atoms with E-state index >= 15 is 0 Å². The van der Waals surface area contributed by atoms with Gasteiger partial charge >= 0.3 is 0 Å². The molecule has 0 saturated carbocycles. The van der Waals surface area contributed by atoms with E-state index in [0.717, 1.165) is 0 Å². The lowest BCUT2D eigenvalue weighted by atomic mass is 10.0. The first-order valence-corrected chi connectivity index (χ1v) is 6.37. The SMILES string of the molecule is COc1ccc(C(Cl)c2c(F)cc(F)cc2F)cc1Cl. The number of ether oxygens (including phenoxy) is 1. The Morgan fingerprint density at radius 1 is 1.05 bits per heavy atom. The third-order valence-corrected chi connectivity index (χ3v) is 3.53. The van der Waals surface area contributed by atoms with Gasteiger partial charge in [-0.05, 0) is 17.7 Å². The highest BCUT2D eigenvalue weighted by Crippen LogP contribution is 2.36. The van der Waals surface area contributed by atoms with Crippen LogP contribution in [0, 0.1) is 17.5 Å². The minimum absolute atomic E-state index is 0.263. The first kappa shape index (κ1) is 15.0. The van der Waals surface area contributed by atoms with Crippen molar-refractivity contribution in [3.05, 3.63) is 63.9 Å². The van der Waals surface area contributed by atoms with Gasteiger partial charge < -0.3 is 4.74 Å². The largest absolute Gasteiger partial charge is 0.495 e. The van der Waals surface area contributed by atoms with E-state index in [4.69, 9.17) is 27.9 Å². The number of halogens is 5. The highest BCUT2D eigenvalue weighted by atomic mass is 35.5. The van der Waals surface area contributed by atoms with Crippen molar-refractivity contribution in [2.45, 2.75) is 5.38 Å². The van der Waals surface area contributed by atoms with E-state index in [0.29, 0.717) is 23.4 Å². The highest BCUT2D eigenvalue weighted by Gasteiger charge is 2.22. The summed E-state index contributed by atoms with van der Waals surface area (Å²) in [5, 5.41) is -0.863. The van der Waals surface area contributed by atoms with Crippen molar-refractivity contribution in [1.29, 1.82) is 0 Å². The van der Waals surface area contributed by atoms with Crippen molar-refractivity contribution in [2.24, 2.45) is 0 Å². The van der Waals surface area contributed by atoms with Gasteiger partial charge in [0.25, 0.3) is 0 Å². The van der Waals surface area contributed by atoms with E-state index in [9.17, 15) is 13.2 Å². The van der Waals surface area contributed by atoms with Crippen LogP contribution in [0.3, 0.4) is 0 Å². The molecule has 20 heavy (non-hydrogen) atoms. The summed E-state index contributed by atoms with van der Waals surface area (Å²) in [4.78, 5) is 0. The first-order valence-electron chi connectivity index (χ1n) is 5.56. The predicted octanol–water partition coefficient (Wildman–Crippen LogP) is 5.09. The zero-order valence-electron chi connectivity index (χ0n) is 10.3. The van der Waals surface area contributed by atoms with Gasteiger partial charge in [-0.25, -0.2) is 13.2 Å². The fraction of sp³-hybridized carbons (Fsp3) is 0.143. The molecule has 1 nitrogen and oxygen atoms in total. The molecule has 2 aromatic rings. The Kier molecular flexibility index (Phi) is 4.45. The number of hydrogen-bond acceptors (Lipinski definition) is 1. The summed E-state index contributed by atoms with van der Waals surface area (Å²) in [5.74, 6) is -2.68. The lowest BCUT2D eigenvalue weighted by Crippen LogP contribution is -2.02. The maximum absolute atomic E-state index is 13.7. The average molecular weight is 321 g/mol. The molecule has 0 aliphatic rings. The Labute approximate surface area is 123 Å².